The Morgan fingerprint density at radius 1 is 0.706 bits per heavy atom. The van der Waals surface area contributed by atoms with Crippen molar-refractivity contribution in [2.24, 2.45) is 0 Å². The van der Waals surface area contributed by atoms with Crippen LogP contribution in [0.2, 0.25) is 0 Å². The van der Waals surface area contributed by atoms with Gasteiger partial charge in [-0.05, 0) is 41.5 Å². The van der Waals surface area contributed by atoms with Crippen LogP contribution in [0.5, 0.6) is 0 Å². The van der Waals surface area contributed by atoms with Crippen LogP contribution in [0.3, 0.4) is 0 Å². The zero-order valence-electron chi connectivity index (χ0n) is 8.63. The van der Waals surface area contributed by atoms with Gasteiger partial charge in [0, 0.05) is 13.4 Å². The molecule has 0 saturated heterocycles. The Balaban J connectivity index is 2.36. The van der Waals surface area contributed by atoms with Crippen molar-refractivity contribution in [3.63, 3.8) is 0 Å². The third kappa shape index (κ3) is 3.57. The number of alkyl halides is 1. The standard InChI is InChI=1S/C13H8Br3Cl/c14-10-3-1-8(2-4-10)13(17)9-5-11(15)7-12(16)6-9/h1-7,13H. The maximum absolute atomic E-state index is 6.47. The first kappa shape index (κ1) is 13.6. The fourth-order valence-electron chi connectivity index (χ4n) is 1.55. The van der Waals surface area contributed by atoms with Gasteiger partial charge < -0.3 is 0 Å². The molecule has 0 spiro atoms. The SMILES string of the molecule is ClC(c1ccc(Br)cc1)c1cc(Br)cc(Br)c1. The number of hydrogen-bond donors (Lipinski definition) is 0. The van der Waals surface area contributed by atoms with Gasteiger partial charge in [0.05, 0.1) is 5.38 Å². The van der Waals surface area contributed by atoms with E-state index in [0.29, 0.717) is 0 Å². The molecule has 0 saturated carbocycles. The molecule has 0 fully saturated rings. The summed E-state index contributed by atoms with van der Waals surface area (Å²) in [5.74, 6) is 0. The summed E-state index contributed by atoms with van der Waals surface area (Å²) >= 11 is 16.8. The van der Waals surface area contributed by atoms with Crippen LogP contribution in [0.25, 0.3) is 0 Å². The molecule has 0 radical (unpaired) electrons. The van der Waals surface area contributed by atoms with Gasteiger partial charge in [-0.15, -0.1) is 11.6 Å². The molecule has 1 atom stereocenters. The van der Waals surface area contributed by atoms with Crippen molar-refractivity contribution in [2.45, 2.75) is 5.38 Å². The summed E-state index contributed by atoms with van der Waals surface area (Å²) in [6, 6.07) is 14.1. The number of halogens is 4. The fraction of sp³-hybridized carbons (Fsp3) is 0.0769. The Hall–Kier alpha value is 0.170. The van der Waals surface area contributed by atoms with Crippen molar-refractivity contribution in [1.29, 1.82) is 0 Å². The quantitative estimate of drug-likeness (QED) is 0.482. The Labute approximate surface area is 131 Å². The van der Waals surface area contributed by atoms with Crippen LogP contribution in [0.4, 0.5) is 0 Å². The topological polar surface area (TPSA) is 0 Å². The lowest BCUT2D eigenvalue weighted by Crippen LogP contribution is -1.93. The second kappa shape index (κ2) is 5.87. The van der Waals surface area contributed by atoms with E-state index >= 15 is 0 Å². The Morgan fingerprint density at radius 3 is 1.76 bits per heavy atom. The molecule has 0 aliphatic rings. The highest BCUT2D eigenvalue weighted by Gasteiger charge is 2.11. The molecule has 1 unspecified atom stereocenters. The van der Waals surface area contributed by atoms with Crippen molar-refractivity contribution in [2.75, 3.05) is 0 Å². The van der Waals surface area contributed by atoms with Gasteiger partial charge in [0.15, 0.2) is 0 Å². The van der Waals surface area contributed by atoms with Crippen LogP contribution in [0.1, 0.15) is 16.5 Å². The third-order valence-corrected chi connectivity index (χ3v) is 4.29. The van der Waals surface area contributed by atoms with E-state index in [0.717, 1.165) is 24.5 Å². The molecule has 0 aliphatic heterocycles. The molecule has 17 heavy (non-hydrogen) atoms. The minimum Gasteiger partial charge on any atom is -0.113 e. The van der Waals surface area contributed by atoms with Crippen LogP contribution in [-0.2, 0) is 0 Å². The van der Waals surface area contributed by atoms with Crippen molar-refractivity contribution in [3.05, 3.63) is 67.0 Å². The van der Waals surface area contributed by atoms with Gasteiger partial charge in [-0.25, -0.2) is 0 Å². The summed E-state index contributed by atoms with van der Waals surface area (Å²) in [6.45, 7) is 0. The van der Waals surface area contributed by atoms with Gasteiger partial charge in [0.25, 0.3) is 0 Å². The minimum absolute atomic E-state index is 0.142. The second-order valence-electron chi connectivity index (χ2n) is 3.62. The molecular formula is C13H8Br3Cl. The predicted octanol–water partition coefficient (Wildman–Crippen LogP) is 6.30. The molecule has 0 nitrogen and oxygen atoms in total. The lowest BCUT2D eigenvalue weighted by molar-refractivity contribution is 1.13. The first-order valence-corrected chi connectivity index (χ1v) is 7.73. The van der Waals surface area contributed by atoms with Crippen molar-refractivity contribution < 1.29 is 0 Å². The van der Waals surface area contributed by atoms with Crippen LogP contribution >= 0.6 is 59.4 Å². The lowest BCUT2D eigenvalue weighted by atomic mass is 10.0. The van der Waals surface area contributed by atoms with E-state index < -0.39 is 0 Å². The average Bonchev–Trinajstić information content (AvgIpc) is 2.28. The summed E-state index contributed by atoms with van der Waals surface area (Å²) in [4.78, 5) is 0. The van der Waals surface area contributed by atoms with Gasteiger partial charge in [0.2, 0.25) is 0 Å². The molecule has 0 aliphatic carbocycles. The first-order valence-electron chi connectivity index (χ1n) is 4.92. The highest BCUT2D eigenvalue weighted by Crippen LogP contribution is 2.33. The molecule has 2 aromatic carbocycles. The average molecular weight is 439 g/mol. The van der Waals surface area contributed by atoms with Crippen LogP contribution < -0.4 is 0 Å². The summed E-state index contributed by atoms with van der Waals surface area (Å²) < 4.78 is 3.09. The van der Waals surface area contributed by atoms with Gasteiger partial charge in [-0.1, -0.05) is 59.9 Å². The largest absolute Gasteiger partial charge is 0.113 e. The molecule has 0 aromatic heterocycles. The van der Waals surface area contributed by atoms with E-state index in [9.17, 15) is 0 Å². The van der Waals surface area contributed by atoms with Crippen molar-refractivity contribution >= 4 is 59.4 Å². The van der Waals surface area contributed by atoms with Gasteiger partial charge in [0.1, 0.15) is 0 Å². The zero-order valence-corrected chi connectivity index (χ0v) is 14.1. The lowest BCUT2D eigenvalue weighted by Gasteiger charge is -2.11. The number of benzene rings is 2. The smallest absolute Gasteiger partial charge is 0.0836 e. The fourth-order valence-corrected chi connectivity index (χ4v) is 3.41. The van der Waals surface area contributed by atoms with E-state index in [1.807, 2.05) is 42.5 Å². The van der Waals surface area contributed by atoms with Gasteiger partial charge in [-0.2, -0.15) is 0 Å². The van der Waals surface area contributed by atoms with E-state index in [-0.39, 0.29) is 5.38 Å². The highest BCUT2D eigenvalue weighted by molar-refractivity contribution is 9.11. The third-order valence-electron chi connectivity index (χ3n) is 2.34. The van der Waals surface area contributed by atoms with E-state index in [1.54, 1.807) is 0 Å². The minimum atomic E-state index is -0.142. The summed E-state index contributed by atoms with van der Waals surface area (Å²) in [5, 5.41) is -0.142. The van der Waals surface area contributed by atoms with Crippen LogP contribution in [0.15, 0.2) is 55.9 Å². The first-order chi connectivity index (χ1) is 8.06. The number of rotatable bonds is 2. The van der Waals surface area contributed by atoms with E-state index in [1.165, 1.54) is 0 Å². The van der Waals surface area contributed by atoms with Crippen molar-refractivity contribution in [1.82, 2.24) is 0 Å². The zero-order chi connectivity index (χ0) is 12.4. The molecule has 88 valence electrons. The second-order valence-corrected chi connectivity index (χ2v) is 6.80. The summed E-state index contributed by atoms with van der Waals surface area (Å²) in [5.41, 5.74) is 2.15. The van der Waals surface area contributed by atoms with Crippen molar-refractivity contribution in [3.8, 4) is 0 Å². The summed E-state index contributed by atoms with van der Waals surface area (Å²) in [7, 11) is 0. The Bertz CT molecular complexity index is 502. The Morgan fingerprint density at radius 2 is 1.24 bits per heavy atom. The molecular weight excluding hydrogens is 431 g/mol. The normalized spacial score (nSPS) is 12.5. The Kier molecular flexibility index (Phi) is 4.70. The summed E-state index contributed by atoms with van der Waals surface area (Å²) in [6.07, 6.45) is 0. The molecule has 0 bridgehead atoms. The van der Waals surface area contributed by atoms with E-state index in [2.05, 4.69) is 47.8 Å². The molecule has 2 aromatic rings. The molecule has 4 heteroatoms. The maximum Gasteiger partial charge on any atom is 0.0836 e. The molecule has 0 amide bonds. The number of hydrogen-bond acceptors (Lipinski definition) is 0. The van der Waals surface area contributed by atoms with Crippen LogP contribution in [-0.4, -0.2) is 0 Å². The van der Waals surface area contributed by atoms with Crippen LogP contribution in [0, 0.1) is 0 Å². The molecule has 0 heterocycles. The highest BCUT2D eigenvalue weighted by atomic mass is 79.9. The van der Waals surface area contributed by atoms with Gasteiger partial charge in [-0.3, -0.25) is 0 Å². The maximum atomic E-state index is 6.47. The van der Waals surface area contributed by atoms with Gasteiger partial charge >= 0.3 is 0 Å². The van der Waals surface area contributed by atoms with E-state index in [4.69, 9.17) is 11.6 Å². The molecule has 2 rings (SSSR count). The predicted molar refractivity (Wildman–Crippen MR) is 83.7 cm³/mol. The molecule has 0 N–H and O–H groups in total. The monoisotopic (exact) mass is 436 g/mol.